The van der Waals surface area contributed by atoms with Crippen LogP contribution in [0.25, 0.3) is 0 Å². The Labute approximate surface area is 208 Å². The molecule has 2 atom stereocenters. The van der Waals surface area contributed by atoms with E-state index in [4.69, 9.17) is 10.5 Å². The molecule has 0 aliphatic heterocycles. The molecule has 9 nitrogen and oxygen atoms in total. The number of alkyl carbamates (subject to hydrolysis) is 1. The molecule has 0 spiro atoms. The Hall–Kier alpha value is -3.10. The van der Waals surface area contributed by atoms with Gasteiger partial charge in [0.1, 0.15) is 17.7 Å². The molecule has 1 aliphatic carbocycles. The lowest BCUT2D eigenvalue weighted by molar-refractivity contribution is -0.144. The van der Waals surface area contributed by atoms with Crippen molar-refractivity contribution < 1.29 is 23.9 Å². The van der Waals surface area contributed by atoms with Gasteiger partial charge in [0.25, 0.3) is 0 Å². The van der Waals surface area contributed by atoms with Crippen LogP contribution in [0, 0.1) is 13.8 Å². The smallest absolute Gasteiger partial charge is 0.408 e. The van der Waals surface area contributed by atoms with Crippen LogP contribution in [0.3, 0.4) is 0 Å². The fourth-order valence-corrected chi connectivity index (χ4v) is 3.99. The first-order chi connectivity index (χ1) is 16.3. The van der Waals surface area contributed by atoms with E-state index in [1.807, 2.05) is 39.0 Å². The third kappa shape index (κ3) is 8.88. The zero-order valence-corrected chi connectivity index (χ0v) is 21.8. The fraction of sp³-hybridized carbons (Fsp3) is 0.615. The van der Waals surface area contributed by atoms with Crippen LogP contribution in [0.5, 0.6) is 0 Å². The number of aryl methyl sites for hydroxylation is 2. The quantitative estimate of drug-likeness (QED) is 0.412. The minimum absolute atomic E-state index is 0.180. The largest absolute Gasteiger partial charge is 0.444 e. The van der Waals surface area contributed by atoms with Crippen molar-refractivity contribution in [2.24, 2.45) is 5.73 Å². The van der Waals surface area contributed by atoms with Gasteiger partial charge in [-0.05, 0) is 59.4 Å². The van der Waals surface area contributed by atoms with Crippen molar-refractivity contribution >= 4 is 23.8 Å². The van der Waals surface area contributed by atoms with Gasteiger partial charge in [0, 0.05) is 12.6 Å². The Kier molecular flexibility index (Phi) is 9.68. The summed E-state index contributed by atoms with van der Waals surface area (Å²) in [5.41, 5.74) is 7.24. The van der Waals surface area contributed by atoms with Gasteiger partial charge in [0.05, 0.1) is 6.42 Å². The van der Waals surface area contributed by atoms with E-state index in [0.29, 0.717) is 12.1 Å². The van der Waals surface area contributed by atoms with Crippen molar-refractivity contribution in [3.8, 4) is 0 Å². The zero-order chi connectivity index (χ0) is 26.3. The van der Waals surface area contributed by atoms with Gasteiger partial charge in [-0.25, -0.2) is 4.79 Å². The average Bonchev–Trinajstić information content (AvgIpc) is 3.53. The van der Waals surface area contributed by atoms with Crippen molar-refractivity contribution in [1.82, 2.24) is 15.5 Å². The summed E-state index contributed by atoms with van der Waals surface area (Å²) in [5, 5.41) is 5.46. The first-order valence-corrected chi connectivity index (χ1v) is 12.3. The number of ether oxygens (including phenoxy) is 1. The van der Waals surface area contributed by atoms with Crippen molar-refractivity contribution in [2.45, 2.75) is 97.4 Å². The molecule has 0 radical (unpaired) electrons. The summed E-state index contributed by atoms with van der Waals surface area (Å²) in [4.78, 5) is 53.1. The van der Waals surface area contributed by atoms with E-state index < -0.39 is 42.0 Å². The first-order valence-electron chi connectivity index (χ1n) is 12.3. The third-order valence-electron chi connectivity index (χ3n) is 5.50. The van der Waals surface area contributed by atoms with Crippen LogP contribution >= 0.6 is 0 Å². The van der Waals surface area contributed by atoms with Crippen molar-refractivity contribution in [3.63, 3.8) is 0 Å². The molecule has 35 heavy (non-hydrogen) atoms. The highest BCUT2D eigenvalue weighted by molar-refractivity contribution is 5.95. The van der Waals surface area contributed by atoms with E-state index >= 15 is 0 Å². The normalized spacial score (nSPS) is 15.0. The number of primary amides is 1. The molecule has 2 unspecified atom stereocenters. The van der Waals surface area contributed by atoms with Crippen LogP contribution in [-0.2, 0) is 19.1 Å². The molecule has 1 aromatic rings. The lowest BCUT2D eigenvalue weighted by Gasteiger charge is -2.34. The Bertz CT molecular complexity index is 916. The molecule has 4 N–H and O–H groups in total. The van der Waals surface area contributed by atoms with Crippen LogP contribution < -0.4 is 16.4 Å². The van der Waals surface area contributed by atoms with E-state index in [1.165, 1.54) is 4.90 Å². The number of nitrogens with one attached hydrogen (secondary N) is 2. The van der Waals surface area contributed by atoms with E-state index in [0.717, 1.165) is 36.8 Å². The fourth-order valence-electron chi connectivity index (χ4n) is 3.99. The van der Waals surface area contributed by atoms with Gasteiger partial charge < -0.3 is 26.0 Å². The number of benzene rings is 1. The van der Waals surface area contributed by atoms with Crippen molar-refractivity contribution in [2.75, 3.05) is 6.54 Å². The number of carbonyl (C=O) groups is 4. The molecule has 0 aromatic heterocycles. The van der Waals surface area contributed by atoms with Crippen molar-refractivity contribution in [1.29, 1.82) is 0 Å². The Morgan fingerprint density at radius 2 is 1.71 bits per heavy atom. The van der Waals surface area contributed by atoms with E-state index in [2.05, 4.69) is 10.6 Å². The molecular formula is C26H40N4O5. The number of rotatable bonds is 11. The van der Waals surface area contributed by atoms with Gasteiger partial charge in [-0.15, -0.1) is 0 Å². The van der Waals surface area contributed by atoms with Gasteiger partial charge in [0.2, 0.25) is 17.7 Å². The lowest BCUT2D eigenvalue weighted by atomic mass is 9.98. The topological polar surface area (TPSA) is 131 Å². The zero-order valence-electron chi connectivity index (χ0n) is 21.8. The highest BCUT2D eigenvalue weighted by Gasteiger charge is 2.44. The maximum Gasteiger partial charge on any atom is 0.408 e. The molecule has 0 heterocycles. The minimum Gasteiger partial charge on any atom is -0.444 e. The predicted molar refractivity (Wildman–Crippen MR) is 133 cm³/mol. The van der Waals surface area contributed by atoms with E-state index in [-0.39, 0.29) is 11.9 Å². The summed E-state index contributed by atoms with van der Waals surface area (Å²) in [5.74, 6) is -1.57. The van der Waals surface area contributed by atoms with Crippen LogP contribution in [0.4, 0.5) is 4.79 Å². The van der Waals surface area contributed by atoms with Crippen LogP contribution in [0.1, 0.15) is 82.5 Å². The first kappa shape index (κ1) is 28.1. The molecule has 9 heteroatoms. The molecule has 1 aromatic carbocycles. The van der Waals surface area contributed by atoms with Gasteiger partial charge in [0.15, 0.2) is 0 Å². The molecule has 4 amide bonds. The second-order valence-electron chi connectivity index (χ2n) is 10.3. The van der Waals surface area contributed by atoms with Gasteiger partial charge >= 0.3 is 6.09 Å². The van der Waals surface area contributed by atoms with Crippen molar-refractivity contribution in [3.05, 3.63) is 34.9 Å². The number of nitrogens with two attached hydrogens (primary N) is 1. The van der Waals surface area contributed by atoms with Crippen LogP contribution in [0.2, 0.25) is 0 Å². The number of hydrogen-bond acceptors (Lipinski definition) is 5. The highest BCUT2D eigenvalue weighted by atomic mass is 16.6. The lowest BCUT2D eigenvalue weighted by Crippen LogP contribution is -2.54. The molecule has 0 bridgehead atoms. The third-order valence-corrected chi connectivity index (χ3v) is 5.50. The Balaban J connectivity index is 2.45. The number of hydrogen-bond donors (Lipinski definition) is 3. The average molecular weight is 489 g/mol. The molecule has 1 aliphatic rings. The van der Waals surface area contributed by atoms with Crippen LogP contribution in [-0.4, -0.2) is 52.9 Å². The Morgan fingerprint density at radius 1 is 1.11 bits per heavy atom. The number of nitrogens with zero attached hydrogens (tertiary/aromatic N) is 1. The summed E-state index contributed by atoms with van der Waals surface area (Å²) >= 11 is 0. The van der Waals surface area contributed by atoms with E-state index in [1.54, 1.807) is 20.8 Å². The maximum atomic E-state index is 13.8. The van der Waals surface area contributed by atoms with Gasteiger partial charge in [-0.2, -0.15) is 0 Å². The SMILES string of the molecule is CCCCNC(=O)C(c1cc(C)cc(C)c1)N(C(=O)C(CC(N)=O)NC(=O)OC(C)(C)C)C1CC1. The maximum absolute atomic E-state index is 13.8. The standard InChI is InChI=1S/C26H40N4O5/c1-7-8-11-28-23(32)22(18-13-16(2)12-17(3)14-18)30(19-9-10-19)24(33)20(15-21(27)31)29-25(34)35-26(4,5)6/h12-14,19-20,22H,7-11,15H2,1-6H3,(H2,27,31)(H,28,32)(H,29,34). The molecule has 2 rings (SSSR count). The Morgan fingerprint density at radius 3 is 2.20 bits per heavy atom. The molecule has 194 valence electrons. The number of carbonyl (C=O) groups excluding carboxylic acids is 4. The monoisotopic (exact) mass is 488 g/mol. The summed E-state index contributed by atoms with van der Waals surface area (Å²) in [6, 6.07) is 3.45. The highest BCUT2D eigenvalue weighted by Crippen LogP contribution is 2.36. The molecule has 1 fully saturated rings. The second kappa shape index (κ2) is 12.0. The summed E-state index contributed by atoms with van der Waals surface area (Å²) in [7, 11) is 0. The minimum atomic E-state index is -1.25. The van der Waals surface area contributed by atoms with Gasteiger partial charge in [-0.3, -0.25) is 14.4 Å². The summed E-state index contributed by atoms with van der Waals surface area (Å²) in [6.07, 6.45) is 1.95. The summed E-state index contributed by atoms with van der Waals surface area (Å²) in [6.45, 7) is 11.5. The van der Waals surface area contributed by atoms with Gasteiger partial charge in [-0.1, -0.05) is 42.7 Å². The molecule has 0 saturated heterocycles. The van der Waals surface area contributed by atoms with E-state index in [9.17, 15) is 19.2 Å². The summed E-state index contributed by atoms with van der Waals surface area (Å²) < 4.78 is 5.29. The number of amides is 4. The molecular weight excluding hydrogens is 448 g/mol. The van der Waals surface area contributed by atoms with Crippen LogP contribution in [0.15, 0.2) is 18.2 Å². The second-order valence-corrected chi connectivity index (χ2v) is 10.3. The number of unbranched alkanes of at least 4 members (excludes halogenated alkanes) is 1. The predicted octanol–water partition coefficient (Wildman–Crippen LogP) is 3.02. The molecule has 1 saturated carbocycles.